The van der Waals surface area contributed by atoms with Crippen molar-refractivity contribution in [3.63, 3.8) is 0 Å². The zero-order valence-corrected chi connectivity index (χ0v) is 8.91. The van der Waals surface area contributed by atoms with Crippen LogP contribution in [0.25, 0.3) is 0 Å². The van der Waals surface area contributed by atoms with Crippen LogP contribution in [0.1, 0.15) is 12.5 Å². The molecule has 0 aliphatic carbocycles. The minimum Gasteiger partial charge on any atom is -0.458 e. The number of nitrogens with two attached hydrogens (primary N) is 1. The van der Waals surface area contributed by atoms with E-state index in [2.05, 4.69) is 9.84 Å². The zero-order valence-electron chi connectivity index (χ0n) is 8.09. The van der Waals surface area contributed by atoms with Crippen molar-refractivity contribution in [1.29, 1.82) is 0 Å². The molecule has 0 spiro atoms. The van der Waals surface area contributed by atoms with Gasteiger partial charge in [0.05, 0.1) is 6.61 Å². The van der Waals surface area contributed by atoms with Gasteiger partial charge in [-0.25, -0.2) is 4.79 Å². The van der Waals surface area contributed by atoms with E-state index in [-0.39, 0.29) is 18.4 Å². The molecule has 0 radical (unpaired) electrons. The number of nitrogens with zero attached hydrogens (tertiary/aromatic N) is 1. The Morgan fingerprint density at radius 2 is 2.25 bits per heavy atom. The number of nitrogens with one attached hydrogen (secondary N) is 1. The lowest BCUT2D eigenvalue weighted by atomic mass is 10.3. The summed E-state index contributed by atoms with van der Waals surface area (Å²) in [4.78, 5) is 11.0. The van der Waals surface area contributed by atoms with Crippen molar-refractivity contribution in [2.45, 2.75) is 18.1 Å². The first kappa shape index (κ1) is 12.7. The first-order chi connectivity index (χ1) is 7.36. The van der Waals surface area contributed by atoms with Crippen LogP contribution in [0.15, 0.2) is 5.03 Å². The average molecular weight is 255 g/mol. The summed E-state index contributed by atoms with van der Waals surface area (Å²) in [6.45, 7) is 1.62. The van der Waals surface area contributed by atoms with Crippen molar-refractivity contribution in [3.05, 3.63) is 5.56 Å². The van der Waals surface area contributed by atoms with E-state index in [0.29, 0.717) is 0 Å². The molecular weight excluding hydrogens is 247 g/mol. The van der Waals surface area contributed by atoms with Crippen molar-refractivity contribution in [2.24, 2.45) is 0 Å². The van der Waals surface area contributed by atoms with Crippen LogP contribution in [0.2, 0.25) is 0 Å². The first-order valence-electron chi connectivity index (χ1n) is 4.12. The fourth-order valence-corrected chi connectivity index (χ4v) is 1.67. The highest BCUT2D eigenvalue weighted by molar-refractivity contribution is 8.13. The maximum Gasteiger partial charge on any atom is 0.422 e. The topological polar surface area (TPSA) is 81.0 Å². The number of rotatable bonds is 2. The number of carbonyl (C=O) groups excluding carboxylic acids is 1. The molecule has 0 aliphatic rings. The van der Waals surface area contributed by atoms with Gasteiger partial charge in [0.15, 0.2) is 0 Å². The fourth-order valence-electron chi connectivity index (χ4n) is 0.912. The molecule has 1 heterocycles. The summed E-state index contributed by atoms with van der Waals surface area (Å²) in [6.07, 6.45) is -4.66. The predicted octanol–water partition coefficient (Wildman–Crippen LogP) is 2.26. The minimum absolute atomic E-state index is 0.0765. The van der Waals surface area contributed by atoms with E-state index < -0.39 is 27.9 Å². The summed E-state index contributed by atoms with van der Waals surface area (Å²) in [5.41, 5.74) is 3.93. The Balaban J connectivity index is 2.94. The quantitative estimate of drug-likeness (QED) is 0.625. The molecule has 0 atom stereocenters. The highest BCUT2D eigenvalue weighted by Crippen LogP contribution is 2.39. The van der Waals surface area contributed by atoms with E-state index in [9.17, 15) is 18.0 Å². The summed E-state index contributed by atoms with van der Waals surface area (Å²) in [5, 5.41) is 3.87. The molecule has 16 heavy (non-hydrogen) atoms. The highest BCUT2D eigenvalue weighted by atomic mass is 32.2. The Hall–Kier alpha value is -1.38. The van der Waals surface area contributed by atoms with Crippen LogP contribution in [0.3, 0.4) is 0 Å². The van der Waals surface area contributed by atoms with Gasteiger partial charge in [0.25, 0.3) is 0 Å². The normalized spacial score (nSPS) is 11.5. The molecular formula is C7H8F3N3O2S. The van der Waals surface area contributed by atoms with Crippen molar-refractivity contribution >= 4 is 22.9 Å². The third-order valence-electron chi connectivity index (χ3n) is 1.49. The SMILES string of the molecule is CCOC(=O)Sc1n[nH]c(N)c1C(F)(F)F. The van der Waals surface area contributed by atoms with Crippen molar-refractivity contribution < 1.29 is 22.7 Å². The summed E-state index contributed by atoms with van der Waals surface area (Å²) in [5.74, 6) is -0.626. The van der Waals surface area contributed by atoms with Gasteiger partial charge in [0.1, 0.15) is 16.4 Å². The van der Waals surface area contributed by atoms with Gasteiger partial charge < -0.3 is 10.5 Å². The third-order valence-corrected chi connectivity index (χ3v) is 2.26. The molecule has 9 heteroatoms. The van der Waals surface area contributed by atoms with Crippen LogP contribution in [0, 0.1) is 0 Å². The molecule has 0 bridgehead atoms. The molecule has 0 amide bonds. The molecule has 0 saturated carbocycles. The lowest BCUT2D eigenvalue weighted by molar-refractivity contribution is -0.139. The van der Waals surface area contributed by atoms with Gasteiger partial charge in [-0.2, -0.15) is 18.3 Å². The van der Waals surface area contributed by atoms with E-state index in [1.807, 2.05) is 5.10 Å². The number of H-pyrrole nitrogens is 1. The lowest BCUT2D eigenvalue weighted by Crippen LogP contribution is -2.09. The number of thioether (sulfide) groups is 1. The number of aromatic amines is 1. The molecule has 0 fully saturated rings. The van der Waals surface area contributed by atoms with E-state index >= 15 is 0 Å². The second-order valence-corrected chi connectivity index (χ2v) is 3.52. The van der Waals surface area contributed by atoms with E-state index in [0.717, 1.165) is 0 Å². The van der Waals surface area contributed by atoms with Crippen LogP contribution in [0.5, 0.6) is 0 Å². The molecule has 90 valence electrons. The number of hydrogen-bond acceptors (Lipinski definition) is 5. The second kappa shape index (κ2) is 4.64. The predicted molar refractivity (Wildman–Crippen MR) is 50.9 cm³/mol. The summed E-state index contributed by atoms with van der Waals surface area (Å²) >= 11 is 0.239. The number of halogens is 3. The number of ether oxygens (including phenoxy) is 1. The van der Waals surface area contributed by atoms with Gasteiger partial charge >= 0.3 is 11.5 Å². The monoisotopic (exact) mass is 255 g/mol. The van der Waals surface area contributed by atoms with Crippen LogP contribution in [-0.2, 0) is 10.9 Å². The Morgan fingerprint density at radius 1 is 1.62 bits per heavy atom. The molecule has 1 aromatic rings. The van der Waals surface area contributed by atoms with Gasteiger partial charge in [-0.3, -0.25) is 5.10 Å². The van der Waals surface area contributed by atoms with E-state index in [1.165, 1.54) is 0 Å². The maximum absolute atomic E-state index is 12.5. The summed E-state index contributed by atoms with van der Waals surface area (Å²) in [6, 6.07) is 0. The Labute approximate surface area is 92.5 Å². The number of alkyl halides is 3. The van der Waals surface area contributed by atoms with Crippen molar-refractivity contribution in [2.75, 3.05) is 12.3 Å². The van der Waals surface area contributed by atoms with E-state index in [1.54, 1.807) is 6.92 Å². The standard InChI is InChI=1S/C7H8F3N3O2S/c1-2-15-6(14)16-5-3(7(8,9)10)4(11)12-13-5/h2H2,1H3,(H3,11,12,13). The Kier molecular flexibility index (Phi) is 3.68. The smallest absolute Gasteiger partial charge is 0.422 e. The van der Waals surface area contributed by atoms with Gasteiger partial charge in [-0.05, 0) is 6.92 Å². The van der Waals surface area contributed by atoms with Gasteiger partial charge in [-0.1, -0.05) is 0 Å². The molecule has 1 aromatic heterocycles. The van der Waals surface area contributed by atoms with Crippen LogP contribution >= 0.6 is 11.8 Å². The molecule has 0 aromatic carbocycles. The Bertz CT molecular complexity index is 391. The number of nitrogen functional groups attached to an aromatic ring is 1. The molecule has 0 unspecified atom stereocenters. The number of aromatic nitrogens is 2. The fraction of sp³-hybridized carbons (Fsp3) is 0.429. The van der Waals surface area contributed by atoms with Gasteiger partial charge in [0.2, 0.25) is 0 Å². The molecule has 0 aliphatic heterocycles. The van der Waals surface area contributed by atoms with Crippen molar-refractivity contribution in [3.8, 4) is 0 Å². The first-order valence-corrected chi connectivity index (χ1v) is 4.93. The summed E-state index contributed by atoms with van der Waals surface area (Å²) in [7, 11) is 0. The Morgan fingerprint density at radius 3 is 2.75 bits per heavy atom. The van der Waals surface area contributed by atoms with E-state index in [4.69, 9.17) is 5.73 Å². The molecule has 5 nitrogen and oxygen atoms in total. The number of anilines is 1. The highest BCUT2D eigenvalue weighted by Gasteiger charge is 2.39. The third kappa shape index (κ3) is 2.81. The van der Waals surface area contributed by atoms with Crippen LogP contribution < -0.4 is 5.73 Å². The number of hydrogen-bond donors (Lipinski definition) is 2. The molecule has 3 N–H and O–H groups in total. The van der Waals surface area contributed by atoms with Crippen LogP contribution in [0.4, 0.5) is 23.8 Å². The summed E-state index contributed by atoms with van der Waals surface area (Å²) < 4.78 is 41.9. The van der Waals surface area contributed by atoms with Gasteiger partial charge in [-0.15, -0.1) is 0 Å². The van der Waals surface area contributed by atoms with Crippen LogP contribution in [-0.4, -0.2) is 22.1 Å². The lowest BCUT2D eigenvalue weighted by Gasteiger charge is -2.06. The maximum atomic E-state index is 12.5. The minimum atomic E-state index is -4.66. The largest absolute Gasteiger partial charge is 0.458 e. The average Bonchev–Trinajstić information content (AvgIpc) is 2.46. The second-order valence-electron chi connectivity index (χ2n) is 2.60. The van der Waals surface area contributed by atoms with Gasteiger partial charge in [0, 0.05) is 11.8 Å². The molecule has 0 saturated heterocycles. The number of carbonyl (C=O) groups is 1. The van der Waals surface area contributed by atoms with Crippen molar-refractivity contribution in [1.82, 2.24) is 10.2 Å². The molecule has 1 rings (SSSR count). The zero-order chi connectivity index (χ0) is 12.3.